The zero-order valence-corrected chi connectivity index (χ0v) is 12.2. The van der Waals surface area contributed by atoms with Crippen LogP contribution < -0.4 is 10.1 Å². The first-order chi connectivity index (χ1) is 10.2. The van der Waals surface area contributed by atoms with Gasteiger partial charge < -0.3 is 19.3 Å². The number of benzene rings is 1. The standard InChI is InChI=1S/C15H19FN2O3/c1-3-17-8-11-4-5-15(14(16)6-11)20-9-12-7-13(10-19-2)21-18-12/h4-7,17H,3,8-10H2,1-2H3. The Bertz CT molecular complexity index is 572. The Morgan fingerprint density at radius 2 is 2.14 bits per heavy atom. The molecule has 0 saturated carbocycles. The SMILES string of the molecule is CCNCc1ccc(OCc2cc(COC)on2)c(F)c1. The monoisotopic (exact) mass is 294 g/mol. The van der Waals surface area contributed by atoms with Gasteiger partial charge in [-0.1, -0.05) is 18.1 Å². The zero-order valence-electron chi connectivity index (χ0n) is 12.2. The van der Waals surface area contributed by atoms with Gasteiger partial charge in [0.15, 0.2) is 17.3 Å². The van der Waals surface area contributed by atoms with Gasteiger partial charge in [0.2, 0.25) is 0 Å². The Labute approximate surface area is 123 Å². The van der Waals surface area contributed by atoms with Gasteiger partial charge in [-0.05, 0) is 24.2 Å². The molecule has 21 heavy (non-hydrogen) atoms. The average molecular weight is 294 g/mol. The molecule has 1 N–H and O–H groups in total. The summed E-state index contributed by atoms with van der Waals surface area (Å²) in [5.41, 5.74) is 1.48. The molecule has 0 unspecified atom stereocenters. The normalized spacial score (nSPS) is 10.8. The minimum absolute atomic E-state index is 0.149. The molecular weight excluding hydrogens is 275 g/mol. The third kappa shape index (κ3) is 4.54. The van der Waals surface area contributed by atoms with Gasteiger partial charge in [0.05, 0.1) is 0 Å². The summed E-state index contributed by atoms with van der Waals surface area (Å²) in [6.07, 6.45) is 0. The lowest BCUT2D eigenvalue weighted by atomic mass is 10.2. The smallest absolute Gasteiger partial charge is 0.165 e. The van der Waals surface area contributed by atoms with Crippen molar-refractivity contribution in [3.63, 3.8) is 0 Å². The van der Waals surface area contributed by atoms with Gasteiger partial charge in [0.25, 0.3) is 0 Å². The summed E-state index contributed by atoms with van der Waals surface area (Å²) in [5.74, 6) is 0.426. The van der Waals surface area contributed by atoms with Gasteiger partial charge in [-0.2, -0.15) is 0 Å². The summed E-state index contributed by atoms with van der Waals surface area (Å²) in [5, 5.41) is 6.97. The largest absolute Gasteiger partial charge is 0.484 e. The first-order valence-corrected chi connectivity index (χ1v) is 6.78. The molecule has 1 heterocycles. The molecule has 0 spiro atoms. The molecular formula is C15H19FN2O3. The fourth-order valence-electron chi connectivity index (χ4n) is 1.83. The highest BCUT2D eigenvalue weighted by molar-refractivity contribution is 5.29. The first-order valence-electron chi connectivity index (χ1n) is 6.78. The number of rotatable bonds is 8. The third-order valence-corrected chi connectivity index (χ3v) is 2.85. The number of methoxy groups -OCH3 is 1. The second-order valence-corrected chi connectivity index (χ2v) is 4.55. The van der Waals surface area contributed by atoms with Crippen LogP contribution in [0.3, 0.4) is 0 Å². The predicted molar refractivity (Wildman–Crippen MR) is 75.3 cm³/mol. The molecule has 0 bridgehead atoms. The van der Waals surface area contributed by atoms with Crippen LogP contribution >= 0.6 is 0 Å². The second kappa shape index (κ2) is 7.75. The highest BCUT2D eigenvalue weighted by Crippen LogP contribution is 2.19. The Morgan fingerprint density at radius 1 is 1.29 bits per heavy atom. The van der Waals surface area contributed by atoms with Crippen LogP contribution in [0.25, 0.3) is 0 Å². The molecule has 0 aliphatic rings. The van der Waals surface area contributed by atoms with Crippen LogP contribution in [0.15, 0.2) is 28.8 Å². The van der Waals surface area contributed by atoms with E-state index < -0.39 is 0 Å². The van der Waals surface area contributed by atoms with Crippen LogP contribution in [0.2, 0.25) is 0 Å². The number of hydrogen-bond donors (Lipinski definition) is 1. The van der Waals surface area contributed by atoms with Gasteiger partial charge in [0.1, 0.15) is 18.9 Å². The summed E-state index contributed by atoms with van der Waals surface area (Å²) in [4.78, 5) is 0. The van der Waals surface area contributed by atoms with E-state index in [1.165, 1.54) is 6.07 Å². The van der Waals surface area contributed by atoms with E-state index in [1.807, 2.05) is 13.0 Å². The second-order valence-electron chi connectivity index (χ2n) is 4.55. The fourth-order valence-corrected chi connectivity index (χ4v) is 1.83. The van der Waals surface area contributed by atoms with Crippen LogP contribution in [0.4, 0.5) is 4.39 Å². The molecule has 0 radical (unpaired) electrons. The van der Waals surface area contributed by atoms with E-state index >= 15 is 0 Å². The van der Waals surface area contributed by atoms with Crippen LogP contribution in [0, 0.1) is 5.82 Å². The topological polar surface area (TPSA) is 56.5 Å². The summed E-state index contributed by atoms with van der Waals surface area (Å²) in [7, 11) is 1.57. The van der Waals surface area contributed by atoms with E-state index in [0.717, 1.165) is 12.1 Å². The maximum absolute atomic E-state index is 13.9. The molecule has 6 heteroatoms. The molecule has 2 aromatic rings. The van der Waals surface area contributed by atoms with Crippen molar-refractivity contribution in [2.24, 2.45) is 0 Å². The maximum atomic E-state index is 13.9. The number of nitrogens with one attached hydrogen (secondary N) is 1. The Hall–Kier alpha value is -1.92. The Morgan fingerprint density at radius 3 is 2.86 bits per heavy atom. The number of ether oxygens (including phenoxy) is 2. The molecule has 0 aliphatic carbocycles. The molecule has 5 nitrogen and oxygen atoms in total. The summed E-state index contributed by atoms with van der Waals surface area (Å²) in [6, 6.07) is 6.65. The van der Waals surface area contributed by atoms with Crippen molar-refractivity contribution in [1.82, 2.24) is 10.5 Å². The van der Waals surface area contributed by atoms with E-state index in [9.17, 15) is 4.39 Å². The lowest BCUT2D eigenvalue weighted by Crippen LogP contribution is -2.11. The fraction of sp³-hybridized carbons (Fsp3) is 0.400. The predicted octanol–water partition coefficient (Wildman–Crippen LogP) is 2.65. The third-order valence-electron chi connectivity index (χ3n) is 2.85. The average Bonchev–Trinajstić information content (AvgIpc) is 2.92. The number of halogens is 1. The molecule has 0 saturated heterocycles. The number of nitrogens with zero attached hydrogens (tertiary/aromatic N) is 1. The van der Waals surface area contributed by atoms with Crippen molar-refractivity contribution in [3.8, 4) is 5.75 Å². The summed E-state index contributed by atoms with van der Waals surface area (Å²) in [6.45, 7) is 3.98. The van der Waals surface area contributed by atoms with Crippen LogP contribution in [-0.4, -0.2) is 18.8 Å². The molecule has 0 amide bonds. The number of aromatic nitrogens is 1. The highest BCUT2D eigenvalue weighted by atomic mass is 19.1. The van der Waals surface area contributed by atoms with Crippen molar-refractivity contribution >= 4 is 0 Å². The van der Waals surface area contributed by atoms with Gasteiger partial charge in [-0.25, -0.2) is 4.39 Å². The number of hydrogen-bond acceptors (Lipinski definition) is 5. The maximum Gasteiger partial charge on any atom is 0.165 e. The van der Waals surface area contributed by atoms with Crippen molar-refractivity contribution in [2.75, 3.05) is 13.7 Å². The van der Waals surface area contributed by atoms with Gasteiger partial charge in [0, 0.05) is 19.7 Å². The van der Waals surface area contributed by atoms with Crippen LogP contribution in [0.1, 0.15) is 23.9 Å². The van der Waals surface area contributed by atoms with E-state index in [0.29, 0.717) is 24.6 Å². The minimum atomic E-state index is -0.383. The molecule has 2 rings (SSSR count). The molecule has 0 atom stereocenters. The zero-order chi connectivity index (χ0) is 15.1. The van der Waals surface area contributed by atoms with Gasteiger partial charge >= 0.3 is 0 Å². The van der Waals surface area contributed by atoms with Crippen molar-refractivity contribution in [1.29, 1.82) is 0 Å². The molecule has 0 aliphatic heterocycles. The molecule has 1 aromatic carbocycles. The van der Waals surface area contributed by atoms with Gasteiger partial charge in [-0.15, -0.1) is 0 Å². The van der Waals surface area contributed by atoms with E-state index in [4.69, 9.17) is 14.0 Å². The van der Waals surface area contributed by atoms with E-state index in [2.05, 4.69) is 10.5 Å². The van der Waals surface area contributed by atoms with Crippen LogP contribution in [-0.2, 0) is 24.5 Å². The first kappa shape index (κ1) is 15.5. The summed E-state index contributed by atoms with van der Waals surface area (Å²) < 4.78 is 29.3. The van der Waals surface area contributed by atoms with Crippen molar-refractivity contribution in [2.45, 2.75) is 26.7 Å². The van der Waals surface area contributed by atoms with Crippen LogP contribution in [0.5, 0.6) is 5.75 Å². The van der Waals surface area contributed by atoms with Gasteiger partial charge in [-0.3, -0.25) is 0 Å². The molecule has 1 aromatic heterocycles. The summed E-state index contributed by atoms with van der Waals surface area (Å²) >= 11 is 0. The quantitative estimate of drug-likeness (QED) is 0.811. The highest BCUT2D eigenvalue weighted by Gasteiger charge is 2.08. The Balaban J connectivity index is 1.92. The minimum Gasteiger partial charge on any atom is -0.484 e. The molecule has 0 fully saturated rings. The molecule has 114 valence electrons. The lowest BCUT2D eigenvalue weighted by molar-refractivity contribution is 0.155. The van der Waals surface area contributed by atoms with E-state index in [1.54, 1.807) is 19.2 Å². The van der Waals surface area contributed by atoms with E-state index in [-0.39, 0.29) is 18.2 Å². The van der Waals surface area contributed by atoms with Crippen molar-refractivity contribution < 1.29 is 18.4 Å². The van der Waals surface area contributed by atoms with Crippen molar-refractivity contribution in [3.05, 3.63) is 47.1 Å². The Kier molecular flexibility index (Phi) is 5.71. The lowest BCUT2D eigenvalue weighted by Gasteiger charge is -2.07.